The van der Waals surface area contributed by atoms with Crippen molar-refractivity contribution in [3.63, 3.8) is 0 Å². The number of esters is 1. The Labute approximate surface area is 186 Å². The molecule has 164 valence electrons. The quantitative estimate of drug-likeness (QED) is 0.272. The fraction of sp³-hybridized carbons (Fsp3) is 0.333. The van der Waals surface area contributed by atoms with Crippen molar-refractivity contribution < 1.29 is 14.3 Å². The Morgan fingerprint density at radius 3 is 2.03 bits per heavy atom. The number of pyridine rings is 1. The summed E-state index contributed by atoms with van der Waals surface area (Å²) in [5.41, 5.74) is 4.50. The van der Waals surface area contributed by atoms with Crippen LogP contribution in [-0.4, -0.2) is 24.7 Å². The van der Waals surface area contributed by atoms with Gasteiger partial charge < -0.3 is 9.47 Å². The zero-order valence-electron chi connectivity index (χ0n) is 19.1. The minimum absolute atomic E-state index is 0.335. The Hall–Kier alpha value is -3.14. The van der Waals surface area contributed by atoms with Gasteiger partial charge in [0.2, 0.25) is 0 Å². The molecule has 0 saturated carbocycles. The van der Waals surface area contributed by atoms with Crippen LogP contribution in [0.2, 0.25) is 0 Å². The number of ether oxygens (including phenoxy) is 2. The van der Waals surface area contributed by atoms with E-state index in [9.17, 15) is 4.79 Å². The number of unbranched alkanes of at least 4 members (excludes halogenated alkanes) is 3. The van der Waals surface area contributed by atoms with Gasteiger partial charge in [0.05, 0.1) is 25.0 Å². The number of carbonyl (C=O) groups is 1. The van der Waals surface area contributed by atoms with E-state index in [0.717, 1.165) is 41.2 Å². The Balaban J connectivity index is 0.00000166. The molecule has 0 spiro atoms. The summed E-state index contributed by atoms with van der Waals surface area (Å²) in [6.45, 7) is 6.97. The molecule has 2 aromatic carbocycles. The van der Waals surface area contributed by atoms with E-state index < -0.39 is 0 Å². The standard InChI is InChI=1S/C25H27NO3.C2H6/c1-3-4-5-6-17-29-23-14-11-20(12-15-23)24-16-13-22(18-26-24)19-7-9-21(10-8-19)25(27)28-2;1-2/h7-16,18H,3-6,17H2,1-2H3;1-2H3. The van der Waals surface area contributed by atoms with Gasteiger partial charge in [-0.15, -0.1) is 0 Å². The van der Waals surface area contributed by atoms with Crippen molar-refractivity contribution in [1.29, 1.82) is 0 Å². The first-order valence-corrected chi connectivity index (χ1v) is 11.1. The Kier molecular flexibility index (Phi) is 10.3. The van der Waals surface area contributed by atoms with Crippen molar-refractivity contribution in [3.8, 4) is 28.1 Å². The van der Waals surface area contributed by atoms with Crippen molar-refractivity contribution in [2.45, 2.75) is 46.5 Å². The molecule has 0 aliphatic carbocycles. The molecule has 0 fully saturated rings. The first-order chi connectivity index (χ1) is 15.2. The molecule has 0 radical (unpaired) electrons. The number of aromatic nitrogens is 1. The number of nitrogens with zero attached hydrogens (tertiary/aromatic N) is 1. The number of carbonyl (C=O) groups excluding carboxylic acids is 1. The Morgan fingerprint density at radius 1 is 0.806 bits per heavy atom. The van der Waals surface area contributed by atoms with Crippen molar-refractivity contribution in [2.75, 3.05) is 13.7 Å². The van der Waals surface area contributed by atoms with Gasteiger partial charge in [-0.2, -0.15) is 0 Å². The minimum Gasteiger partial charge on any atom is -0.494 e. The van der Waals surface area contributed by atoms with Gasteiger partial charge in [0, 0.05) is 17.3 Å². The predicted octanol–water partition coefficient (Wildman–Crippen LogP) is 7.19. The van der Waals surface area contributed by atoms with E-state index in [-0.39, 0.29) is 5.97 Å². The SMILES string of the molecule is CC.CCCCCCOc1ccc(-c2ccc(-c3ccc(C(=O)OC)cc3)cn2)cc1. The zero-order chi connectivity index (χ0) is 22.5. The molecule has 3 aromatic rings. The lowest BCUT2D eigenvalue weighted by Gasteiger charge is -2.08. The largest absolute Gasteiger partial charge is 0.494 e. The average molecular weight is 420 g/mol. The number of rotatable bonds is 9. The van der Waals surface area contributed by atoms with Crippen LogP contribution in [0.3, 0.4) is 0 Å². The van der Waals surface area contributed by atoms with E-state index in [4.69, 9.17) is 9.47 Å². The molecule has 0 aliphatic rings. The first-order valence-electron chi connectivity index (χ1n) is 11.1. The number of methoxy groups -OCH3 is 1. The monoisotopic (exact) mass is 419 g/mol. The topological polar surface area (TPSA) is 48.4 Å². The lowest BCUT2D eigenvalue weighted by molar-refractivity contribution is 0.0600. The second-order valence-corrected chi connectivity index (χ2v) is 6.93. The highest BCUT2D eigenvalue weighted by Gasteiger charge is 2.06. The van der Waals surface area contributed by atoms with Crippen LogP contribution in [0.5, 0.6) is 5.75 Å². The van der Waals surface area contributed by atoms with Crippen LogP contribution in [0.15, 0.2) is 66.9 Å². The summed E-state index contributed by atoms with van der Waals surface area (Å²) in [6.07, 6.45) is 6.66. The molecular weight excluding hydrogens is 386 g/mol. The molecule has 0 aliphatic heterocycles. The van der Waals surface area contributed by atoms with Gasteiger partial charge in [-0.1, -0.05) is 58.2 Å². The second-order valence-electron chi connectivity index (χ2n) is 6.93. The molecule has 1 heterocycles. The van der Waals surface area contributed by atoms with Crippen LogP contribution in [0.1, 0.15) is 56.8 Å². The Bertz CT molecular complexity index is 901. The van der Waals surface area contributed by atoms with Crippen LogP contribution >= 0.6 is 0 Å². The highest BCUT2D eigenvalue weighted by molar-refractivity contribution is 5.90. The van der Waals surface area contributed by atoms with Crippen LogP contribution in [0.25, 0.3) is 22.4 Å². The molecular formula is C27H33NO3. The van der Waals surface area contributed by atoms with Crippen molar-refractivity contribution in [3.05, 3.63) is 72.4 Å². The summed E-state index contributed by atoms with van der Waals surface area (Å²) in [4.78, 5) is 16.1. The molecule has 0 bridgehead atoms. The predicted molar refractivity (Wildman–Crippen MR) is 127 cm³/mol. The summed E-state index contributed by atoms with van der Waals surface area (Å²) in [5.74, 6) is 0.561. The van der Waals surface area contributed by atoms with Crippen LogP contribution in [0, 0.1) is 0 Å². The van der Waals surface area contributed by atoms with Crippen LogP contribution in [0.4, 0.5) is 0 Å². The second kappa shape index (κ2) is 13.2. The van der Waals surface area contributed by atoms with E-state index in [0.29, 0.717) is 5.56 Å². The molecule has 4 nitrogen and oxygen atoms in total. The van der Waals surface area contributed by atoms with E-state index in [1.54, 1.807) is 12.1 Å². The average Bonchev–Trinajstić information content (AvgIpc) is 2.85. The molecule has 4 heteroatoms. The van der Waals surface area contributed by atoms with E-state index in [1.165, 1.54) is 26.4 Å². The molecule has 0 atom stereocenters. The van der Waals surface area contributed by atoms with Gasteiger partial charge in [-0.3, -0.25) is 4.98 Å². The third-order valence-corrected chi connectivity index (χ3v) is 4.82. The summed E-state index contributed by atoms with van der Waals surface area (Å²) in [5, 5.41) is 0. The maximum Gasteiger partial charge on any atom is 0.337 e. The molecule has 0 saturated heterocycles. The van der Waals surface area contributed by atoms with E-state index in [2.05, 4.69) is 11.9 Å². The third-order valence-electron chi connectivity index (χ3n) is 4.82. The molecule has 0 unspecified atom stereocenters. The van der Waals surface area contributed by atoms with Gasteiger partial charge in [0.1, 0.15) is 5.75 Å². The number of benzene rings is 2. The zero-order valence-corrected chi connectivity index (χ0v) is 19.1. The highest BCUT2D eigenvalue weighted by atomic mass is 16.5. The fourth-order valence-electron chi connectivity index (χ4n) is 3.09. The van der Waals surface area contributed by atoms with Gasteiger partial charge in [-0.25, -0.2) is 4.79 Å². The van der Waals surface area contributed by atoms with Crippen LogP contribution in [-0.2, 0) is 4.74 Å². The molecule has 1 aromatic heterocycles. The smallest absolute Gasteiger partial charge is 0.337 e. The minimum atomic E-state index is -0.335. The molecule has 31 heavy (non-hydrogen) atoms. The van der Waals surface area contributed by atoms with Gasteiger partial charge in [0.15, 0.2) is 0 Å². The summed E-state index contributed by atoms with van der Waals surface area (Å²) in [7, 11) is 1.38. The van der Waals surface area contributed by atoms with Gasteiger partial charge >= 0.3 is 5.97 Å². The lowest BCUT2D eigenvalue weighted by Crippen LogP contribution is -2.00. The van der Waals surface area contributed by atoms with Gasteiger partial charge in [-0.05, 0) is 54.4 Å². The van der Waals surface area contributed by atoms with Gasteiger partial charge in [0.25, 0.3) is 0 Å². The normalized spacial score (nSPS) is 10.1. The lowest BCUT2D eigenvalue weighted by atomic mass is 10.0. The number of hydrogen-bond acceptors (Lipinski definition) is 4. The molecule has 0 N–H and O–H groups in total. The van der Waals surface area contributed by atoms with Crippen molar-refractivity contribution in [2.24, 2.45) is 0 Å². The van der Waals surface area contributed by atoms with E-state index >= 15 is 0 Å². The summed E-state index contributed by atoms with van der Waals surface area (Å²) >= 11 is 0. The molecule has 3 rings (SSSR count). The van der Waals surface area contributed by atoms with Crippen LogP contribution < -0.4 is 4.74 Å². The number of hydrogen-bond donors (Lipinski definition) is 0. The maximum atomic E-state index is 11.5. The first kappa shape index (κ1) is 24.1. The summed E-state index contributed by atoms with van der Waals surface area (Å²) in [6, 6.07) is 19.4. The Morgan fingerprint density at radius 2 is 1.45 bits per heavy atom. The highest BCUT2D eigenvalue weighted by Crippen LogP contribution is 2.24. The van der Waals surface area contributed by atoms with Crippen molar-refractivity contribution >= 4 is 5.97 Å². The van der Waals surface area contributed by atoms with Crippen molar-refractivity contribution in [1.82, 2.24) is 4.98 Å². The fourth-order valence-corrected chi connectivity index (χ4v) is 3.09. The third kappa shape index (κ3) is 7.25. The van der Waals surface area contributed by atoms with E-state index in [1.807, 2.05) is 68.6 Å². The maximum absolute atomic E-state index is 11.5. The molecule has 0 amide bonds. The summed E-state index contributed by atoms with van der Waals surface area (Å²) < 4.78 is 10.5.